The van der Waals surface area contributed by atoms with Gasteiger partial charge in [0.25, 0.3) is 0 Å². The summed E-state index contributed by atoms with van der Waals surface area (Å²) in [5.74, 6) is 0. The molecule has 1 heteroatoms. The lowest BCUT2D eigenvalue weighted by atomic mass is 9.78. The maximum Gasteiger partial charge on any atom is 0.221 e. The average Bonchev–Trinajstić information content (AvgIpc) is 2.06. The van der Waals surface area contributed by atoms with Gasteiger partial charge in [0.15, 0.2) is 0 Å². The molecule has 0 amide bonds. The molecule has 13 heavy (non-hydrogen) atoms. The quantitative estimate of drug-likeness (QED) is 0.411. The Morgan fingerprint density at radius 3 is 1.62 bits per heavy atom. The van der Waals surface area contributed by atoms with Gasteiger partial charge in [0, 0.05) is 0 Å². The van der Waals surface area contributed by atoms with Crippen LogP contribution in [0.15, 0.2) is 38.0 Å². The van der Waals surface area contributed by atoms with Gasteiger partial charge in [-0.3, -0.25) is 0 Å². The number of allylic oxidation sites excluding steroid dienone is 3. The van der Waals surface area contributed by atoms with E-state index < -0.39 is 0 Å². The van der Waals surface area contributed by atoms with Crippen LogP contribution in [0.1, 0.15) is 19.3 Å². The van der Waals surface area contributed by atoms with Crippen LogP contribution in [0.25, 0.3) is 4.85 Å². The maximum absolute atomic E-state index is 6.92. The highest BCUT2D eigenvalue weighted by Gasteiger charge is 2.29. The molecular formula is C12H17N. The van der Waals surface area contributed by atoms with Gasteiger partial charge >= 0.3 is 0 Å². The van der Waals surface area contributed by atoms with Gasteiger partial charge in [-0.05, 0) is 19.3 Å². The zero-order valence-electron chi connectivity index (χ0n) is 8.13. The van der Waals surface area contributed by atoms with Gasteiger partial charge in [-0.1, -0.05) is 18.2 Å². The Kier molecular flexibility index (Phi) is 5.63. The molecule has 0 unspecified atom stereocenters. The van der Waals surface area contributed by atoms with Crippen LogP contribution in [0, 0.1) is 12.0 Å². The molecule has 0 aliphatic rings. The second-order valence-corrected chi connectivity index (χ2v) is 3.29. The molecule has 0 saturated heterocycles. The third kappa shape index (κ3) is 3.75. The van der Waals surface area contributed by atoms with E-state index in [9.17, 15) is 0 Å². The van der Waals surface area contributed by atoms with Crippen LogP contribution in [-0.4, -0.2) is 6.54 Å². The minimum absolute atomic E-state index is 0.00694. The molecule has 0 aromatic rings. The molecule has 0 saturated carbocycles. The zero-order chi connectivity index (χ0) is 10.2. The SMILES string of the molecule is [C-]#[N+]CC(CC=C)(CC=C)CC=C. The first-order valence-corrected chi connectivity index (χ1v) is 4.40. The monoisotopic (exact) mass is 175 g/mol. The first-order chi connectivity index (χ1) is 6.24. The highest BCUT2D eigenvalue weighted by atomic mass is 14.7. The Morgan fingerprint density at radius 2 is 1.38 bits per heavy atom. The fraction of sp³-hybridized carbons (Fsp3) is 0.417. The minimum Gasteiger partial charge on any atom is -0.316 e. The van der Waals surface area contributed by atoms with Gasteiger partial charge in [0.1, 0.15) is 0 Å². The van der Waals surface area contributed by atoms with Crippen molar-refractivity contribution in [3.05, 3.63) is 49.4 Å². The van der Waals surface area contributed by atoms with Crippen LogP contribution in [-0.2, 0) is 0 Å². The lowest BCUT2D eigenvalue weighted by molar-refractivity contribution is 0.329. The van der Waals surface area contributed by atoms with Crippen molar-refractivity contribution in [3.63, 3.8) is 0 Å². The molecule has 0 heterocycles. The summed E-state index contributed by atoms with van der Waals surface area (Å²) in [5, 5.41) is 0. The summed E-state index contributed by atoms with van der Waals surface area (Å²) in [5.41, 5.74) is -0.00694. The molecule has 0 bridgehead atoms. The summed E-state index contributed by atoms with van der Waals surface area (Å²) in [6.07, 6.45) is 8.18. The largest absolute Gasteiger partial charge is 0.316 e. The van der Waals surface area contributed by atoms with Crippen molar-refractivity contribution in [1.29, 1.82) is 0 Å². The molecule has 70 valence electrons. The Morgan fingerprint density at radius 1 is 1.00 bits per heavy atom. The molecule has 0 rings (SSSR count). The second kappa shape index (κ2) is 6.25. The molecule has 0 aliphatic carbocycles. The summed E-state index contributed by atoms with van der Waals surface area (Å²) < 4.78 is 0. The van der Waals surface area contributed by atoms with Crippen LogP contribution in [0.4, 0.5) is 0 Å². The van der Waals surface area contributed by atoms with E-state index >= 15 is 0 Å². The number of hydrogen-bond acceptors (Lipinski definition) is 0. The zero-order valence-corrected chi connectivity index (χ0v) is 8.13. The molecule has 0 spiro atoms. The third-order valence-electron chi connectivity index (χ3n) is 2.15. The fourth-order valence-electron chi connectivity index (χ4n) is 1.53. The van der Waals surface area contributed by atoms with Crippen molar-refractivity contribution in [1.82, 2.24) is 0 Å². The normalized spacial score (nSPS) is 10.1. The van der Waals surface area contributed by atoms with Gasteiger partial charge in [-0.2, -0.15) is 0 Å². The van der Waals surface area contributed by atoms with E-state index in [1.54, 1.807) is 0 Å². The lowest BCUT2D eigenvalue weighted by Gasteiger charge is -2.24. The predicted octanol–water partition coefficient (Wildman–Crippen LogP) is 3.62. The van der Waals surface area contributed by atoms with E-state index in [0.717, 1.165) is 19.3 Å². The summed E-state index contributed by atoms with van der Waals surface area (Å²) in [6, 6.07) is 0. The lowest BCUT2D eigenvalue weighted by Crippen LogP contribution is -2.21. The third-order valence-corrected chi connectivity index (χ3v) is 2.15. The molecule has 0 atom stereocenters. The molecule has 0 aliphatic heterocycles. The Balaban J connectivity index is 4.56. The first kappa shape index (κ1) is 11.7. The second-order valence-electron chi connectivity index (χ2n) is 3.29. The summed E-state index contributed by atoms with van der Waals surface area (Å²) in [6.45, 7) is 18.6. The highest BCUT2D eigenvalue weighted by Crippen LogP contribution is 2.32. The number of hydrogen-bond donors (Lipinski definition) is 0. The van der Waals surface area contributed by atoms with Crippen LogP contribution in [0.5, 0.6) is 0 Å². The Bertz CT molecular complexity index is 193. The Hall–Kier alpha value is -1.29. The standard InChI is InChI=1S/C12H17N/c1-5-8-12(9-6-2,10-7-3)11-13-4/h5-7H,1-3,8-11H2. The van der Waals surface area contributed by atoms with Gasteiger partial charge in [0.05, 0.1) is 5.41 Å². The topological polar surface area (TPSA) is 4.36 Å². The Labute approximate surface area is 81.3 Å². The summed E-state index contributed by atoms with van der Waals surface area (Å²) >= 11 is 0. The van der Waals surface area contributed by atoms with Crippen LogP contribution < -0.4 is 0 Å². The maximum atomic E-state index is 6.92. The van der Waals surface area contributed by atoms with E-state index in [1.807, 2.05) is 18.2 Å². The first-order valence-electron chi connectivity index (χ1n) is 4.40. The predicted molar refractivity (Wildman–Crippen MR) is 58.3 cm³/mol. The van der Waals surface area contributed by atoms with Crippen molar-refractivity contribution in [3.8, 4) is 0 Å². The van der Waals surface area contributed by atoms with E-state index in [-0.39, 0.29) is 5.41 Å². The van der Waals surface area contributed by atoms with E-state index in [0.29, 0.717) is 6.54 Å². The van der Waals surface area contributed by atoms with E-state index in [1.165, 1.54) is 0 Å². The molecule has 0 fully saturated rings. The highest BCUT2D eigenvalue weighted by molar-refractivity contribution is 4.99. The average molecular weight is 175 g/mol. The van der Waals surface area contributed by atoms with Crippen LogP contribution >= 0.6 is 0 Å². The number of nitrogens with zero attached hydrogens (tertiary/aromatic N) is 1. The fourth-order valence-corrected chi connectivity index (χ4v) is 1.53. The van der Waals surface area contributed by atoms with Gasteiger partial charge in [-0.15, -0.1) is 19.7 Å². The van der Waals surface area contributed by atoms with Gasteiger partial charge < -0.3 is 4.85 Å². The summed E-state index contributed by atoms with van der Waals surface area (Å²) in [7, 11) is 0. The van der Waals surface area contributed by atoms with Gasteiger partial charge in [-0.25, -0.2) is 6.57 Å². The smallest absolute Gasteiger partial charge is 0.221 e. The molecule has 1 nitrogen and oxygen atoms in total. The molecule has 0 N–H and O–H groups in total. The van der Waals surface area contributed by atoms with Crippen molar-refractivity contribution >= 4 is 0 Å². The number of rotatable bonds is 7. The van der Waals surface area contributed by atoms with Crippen LogP contribution in [0.3, 0.4) is 0 Å². The molecule has 0 aromatic carbocycles. The van der Waals surface area contributed by atoms with Gasteiger partial charge in [0.2, 0.25) is 6.54 Å². The molecule has 0 aromatic heterocycles. The van der Waals surface area contributed by atoms with E-state index in [4.69, 9.17) is 6.57 Å². The molecule has 0 radical (unpaired) electrons. The minimum atomic E-state index is -0.00694. The van der Waals surface area contributed by atoms with Crippen molar-refractivity contribution in [2.75, 3.05) is 6.54 Å². The van der Waals surface area contributed by atoms with Crippen LogP contribution in [0.2, 0.25) is 0 Å². The summed E-state index contributed by atoms with van der Waals surface area (Å²) in [4.78, 5) is 3.47. The molecular weight excluding hydrogens is 158 g/mol. The van der Waals surface area contributed by atoms with Crippen molar-refractivity contribution in [2.24, 2.45) is 5.41 Å². The van der Waals surface area contributed by atoms with E-state index in [2.05, 4.69) is 24.6 Å². The van der Waals surface area contributed by atoms with Crippen molar-refractivity contribution in [2.45, 2.75) is 19.3 Å². The van der Waals surface area contributed by atoms with Crippen molar-refractivity contribution < 1.29 is 0 Å².